The summed E-state index contributed by atoms with van der Waals surface area (Å²) in [7, 11) is 0. The lowest BCUT2D eigenvalue weighted by Gasteiger charge is -2.51. The molecule has 0 spiro atoms. The van der Waals surface area contributed by atoms with Gasteiger partial charge in [0, 0.05) is 0 Å². The van der Waals surface area contributed by atoms with Crippen LogP contribution in [-0.2, 0) is 0 Å². The molecule has 6 atom stereocenters. The van der Waals surface area contributed by atoms with Crippen LogP contribution in [-0.4, -0.2) is 0 Å². The van der Waals surface area contributed by atoms with Crippen LogP contribution in [0.3, 0.4) is 0 Å². The number of rotatable bonds is 3. The summed E-state index contributed by atoms with van der Waals surface area (Å²) in [5.74, 6) is 5.63. The molecule has 3 aliphatic rings. The van der Waals surface area contributed by atoms with Crippen LogP contribution in [0.25, 0.3) is 0 Å². The molecule has 0 heterocycles. The van der Waals surface area contributed by atoms with Gasteiger partial charge in [0.1, 0.15) is 5.82 Å². The number of halogens is 1. The van der Waals surface area contributed by atoms with Gasteiger partial charge in [-0.05, 0) is 98.1 Å². The maximum atomic E-state index is 13.2. The molecule has 0 N–H and O–H groups in total. The van der Waals surface area contributed by atoms with Gasteiger partial charge in [-0.25, -0.2) is 4.39 Å². The Morgan fingerprint density at radius 2 is 1.50 bits per heavy atom. The molecular weight excluding hydrogens is 295 g/mol. The summed E-state index contributed by atoms with van der Waals surface area (Å²) in [5.41, 5.74) is 1.38. The van der Waals surface area contributed by atoms with Crippen molar-refractivity contribution in [2.45, 2.75) is 77.0 Å². The van der Waals surface area contributed by atoms with E-state index >= 15 is 0 Å². The van der Waals surface area contributed by atoms with Gasteiger partial charge in [-0.1, -0.05) is 38.3 Å². The van der Waals surface area contributed by atoms with E-state index in [0.29, 0.717) is 5.92 Å². The fraction of sp³-hybridized carbons (Fsp3) is 0.739. The van der Waals surface area contributed by atoms with Gasteiger partial charge >= 0.3 is 0 Å². The molecule has 24 heavy (non-hydrogen) atoms. The highest BCUT2D eigenvalue weighted by atomic mass is 19.1. The van der Waals surface area contributed by atoms with E-state index in [4.69, 9.17) is 0 Å². The van der Waals surface area contributed by atoms with Crippen molar-refractivity contribution in [1.29, 1.82) is 0 Å². The SMILES string of the molecule is CCCC1CCC2C(CCC3CC(c4ccc(F)cc4)CCC32)C1. The Morgan fingerprint density at radius 1 is 0.833 bits per heavy atom. The molecule has 0 saturated heterocycles. The molecule has 1 aromatic rings. The summed E-state index contributed by atoms with van der Waals surface area (Å²) in [6.07, 6.45) is 14.4. The van der Waals surface area contributed by atoms with Crippen LogP contribution in [0.4, 0.5) is 4.39 Å². The Hall–Kier alpha value is -0.850. The third-order valence-electron chi connectivity index (χ3n) is 7.69. The Labute approximate surface area is 147 Å². The van der Waals surface area contributed by atoms with Crippen LogP contribution in [0, 0.1) is 35.4 Å². The molecule has 0 bridgehead atoms. The topological polar surface area (TPSA) is 0 Å². The second-order valence-corrected chi connectivity index (χ2v) is 8.95. The van der Waals surface area contributed by atoms with Gasteiger partial charge < -0.3 is 0 Å². The van der Waals surface area contributed by atoms with Crippen molar-refractivity contribution in [2.24, 2.45) is 29.6 Å². The monoisotopic (exact) mass is 328 g/mol. The smallest absolute Gasteiger partial charge is 0.123 e. The second-order valence-electron chi connectivity index (χ2n) is 8.95. The summed E-state index contributed by atoms with van der Waals surface area (Å²) in [6, 6.07) is 7.35. The van der Waals surface area contributed by atoms with E-state index < -0.39 is 0 Å². The summed E-state index contributed by atoms with van der Waals surface area (Å²) in [5, 5.41) is 0. The molecule has 0 nitrogen and oxygen atoms in total. The van der Waals surface area contributed by atoms with Gasteiger partial charge in [-0.15, -0.1) is 0 Å². The van der Waals surface area contributed by atoms with Crippen LogP contribution in [0.5, 0.6) is 0 Å². The predicted molar refractivity (Wildman–Crippen MR) is 98.4 cm³/mol. The molecule has 6 unspecified atom stereocenters. The van der Waals surface area contributed by atoms with Crippen molar-refractivity contribution in [3.63, 3.8) is 0 Å². The number of hydrogen-bond donors (Lipinski definition) is 0. The Kier molecular flexibility index (Phi) is 4.97. The first kappa shape index (κ1) is 16.6. The minimum atomic E-state index is -0.100. The average molecular weight is 329 g/mol. The first-order valence-corrected chi connectivity index (χ1v) is 10.5. The lowest BCUT2D eigenvalue weighted by Crippen LogP contribution is -2.41. The fourth-order valence-electron chi connectivity index (χ4n) is 6.60. The number of hydrogen-bond acceptors (Lipinski definition) is 0. The Balaban J connectivity index is 1.40. The van der Waals surface area contributed by atoms with Crippen molar-refractivity contribution in [1.82, 2.24) is 0 Å². The first-order chi connectivity index (χ1) is 11.7. The normalized spacial score (nSPS) is 39.1. The predicted octanol–water partition coefficient (Wildman–Crippen LogP) is 6.95. The van der Waals surface area contributed by atoms with E-state index in [1.54, 1.807) is 12.1 Å². The van der Waals surface area contributed by atoms with E-state index in [1.165, 1.54) is 69.8 Å². The zero-order valence-electron chi connectivity index (χ0n) is 15.2. The largest absolute Gasteiger partial charge is 0.207 e. The van der Waals surface area contributed by atoms with Crippen molar-refractivity contribution >= 4 is 0 Å². The van der Waals surface area contributed by atoms with E-state index in [9.17, 15) is 4.39 Å². The zero-order valence-corrected chi connectivity index (χ0v) is 15.2. The van der Waals surface area contributed by atoms with Crippen molar-refractivity contribution in [2.75, 3.05) is 0 Å². The lowest BCUT2D eigenvalue weighted by atomic mass is 9.55. The van der Waals surface area contributed by atoms with E-state index in [1.807, 2.05) is 12.1 Å². The molecule has 4 rings (SSSR count). The summed E-state index contributed by atoms with van der Waals surface area (Å²) >= 11 is 0. The Morgan fingerprint density at radius 3 is 2.21 bits per heavy atom. The molecule has 1 heteroatoms. The molecule has 0 aromatic heterocycles. The highest BCUT2D eigenvalue weighted by Crippen LogP contribution is 2.55. The van der Waals surface area contributed by atoms with Crippen molar-refractivity contribution < 1.29 is 4.39 Å². The van der Waals surface area contributed by atoms with Gasteiger partial charge in [0.15, 0.2) is 0 Å². The van der Waals surface area contributed by atoms with Gasteiger partial charge in [-0.3, -0.25) is 0 Å². The molecule has 0 amide bonds. The van der Waals surface area contributed by atoms with E-state index in [-0.39, 0.29) is 5.82 Å². The molecule has 0 aliphatic heterocycles. The van der Waals surface area contributed by atoms with E-state index in [2.05, 4.69) is 6.92 Å². The molecular formula is C23H33F. The summed E-state index contributed by atoms with van der Waals surface area (Å²) < 4.78 is 13.2. The maximum Gasteiger partial charge on any atom is 0.123 e. The molecule has 3 saturated carbocycles. The maximum absolute atomic E-state index is 13.2. The highest BCUT2D eigenvalue weighted by Gasteiger charge is 2.44. The summed E-state index contributed by atoms with van der Waals surface area (Å²) in [4.78, 5) is 0. The van der Waals surface area contributed by atoms with Crippen molar-refractivity contribution in [3.05, 3.63) is 35.6 Å². The highest BCUT2D eigenvalue weighted by molar-refractivity contribution is 5.21. The van der Waals surface area contributed by atoms with Gasteiger partial charge in [0.05, 0.1) is 0 Å². The standard InChI is InChI=1S/C23H33F/c1-2-3-16-4-12-22-19(14-16)5-6-20-15-18(9-13-23(20)22)17-7-10-21(24)11-8-17/h7-8,10-11,16,18-20,22-23H,2-6,9,12-15H2,1H3. The molecule has 0 radical (unpaired) electrons. The van der Waals surface area contributed by atoms with Crippen LogP contribution >= 0.6 is 0 Å². The van der Waals surface area contributed by atoms with Gasteiger partial charge in [0.25, 0.3) is 0 Å². The van der Waals surface area contributed by atoms with Gasteiger partial charge in [0.2, 0.25) is 0 Å². The zero-order chi connectivity index (χ0) is 16.5. The number of benzene rings is 1. The van der Waals surface area contributed by atoms with Crippen LogP contribution in [0.15, 0.2) is 24.3 Å². The van der Waals surface area contributed by atoms with E-state index in [0.717, 1.165) is 29.6 Å². The Bertz CT molecular complexity index is 533. The lowest BCUT2D eigenvalue weighted by molar-refractivity contribution is 0.00543. The van der Waals surface area contributed by atoms with Crippen LogP contribution < -0.4 is 0 Å². The van der Waals surface area contributed by atoms with Gasteiger partial charge in [-0.2, -0.15) is 0 Å². The average Bonchev–Trinajstić information content (AvgIpc) is 2.62. The minimum absolute atomic E-state index is 0.100. The fourth-order valence-corrected chi connectivity index (χ4v) is 6.60. The van der Waals surface area contributed by atoms with Crippen molar-refractivity contribution in [3.8, 4) is 0 Å². The molecule has 1 aromatic carbocycles. The second kappa shape index (κ2) is 7.18. The molecule has 3 fully saturated rings. The van der Waals surface area contributed by atoms with Crippen LogP contribution in [0.1, 0.15) is 82.6 Å². The minimum Gasteiger partial charge on any atom is -0.207 e. The third kappa shape index (κ3) is 3.28. The van der Waals surface area contributed by atoms with Crippen LogP contribution in [0.2, 0.25) is 0 Å². The summed E-state index contributed by atoms with van der Waals surface area (Å²) in [6.45, 7) is 2.35. The molecule has 132 valence electrons. The third-order valence-corrected chi connectivity index (χ3v) is 7.69. The molecule has 3 aliphatic carbocycles. The number of fused-ring (bicyclic) bond motifs is 3. The first-order valence-electron chi connectivity index (χ1n) is 10.5. The quantitative estimate of drug-likeness (QED) is 0.563.